The van der Waals surface area contributed by atoms with E-state index in [0.29, 0.717) is 32.2 Å². The predicted molar refractivity (Wildman–Crippen MR) is 143 cm³/mol. The topological polar surface area (TPSA) is 163 Å². The van der Waals surface area contributed by atoms with Gasteiger partial charge in [-0.3, -0.25) is 19.2 Å². The second-order valence-electron chi connectivity index (χ2n) is 10.5. The highest BCUT2D eigenvalue weighted by molar-refractivity contribution is 5.93. The summed E-state index contributed by atoms with van der Waals surface area (Å²) in [5.74, 6) is -2.21. The normalized spacial score (nSPS) is 21.8. The van der Waals surface area contributed by atoms with Crippen LogP contribution < -0.4 is 21.3 Å². The molecule has 1 aromatic heterocycles. The van der Waals surface area contributed by atoms with Crippen LogP contribution in [0, 0.1) is 11.7 Å². The fourth-order valence-corrected chi connectivity index (χ4v) is 4.38. The molecule has 2 bridgehead atoms. The molecule has 12 heteroatoms. The highest BCUT2D eigenvalue weighted by Gasteiger charge is 2.32. The number of aromatic nitrogens is 1. The number of nitrogens with zero attached hydrogens (tertiary/aromatic N) is 1. The molecule has 0 unspecified atom stereocenters. The van der Waals surface area contributed by atoms with Crippen molar-refractivity contribution in [2.24, 2.45) is 5.92 Å². The third-order valence-electron chi connectivity index (χ3n) is 6.55. The van der Waals surface area contributed by atoms with E-state index >= 15 is 0 Å². The summed E-state index contributed by atoms with van der Waals surface area (Å²) in [6.07, 6.45) is 2.06. The van der Waals surface area contributed by atoms with E-state index in [0.717, 1.165) is 5.56 Å². The minimum Gasteiger partial charge on any atom is -0.446 e. The van der Waals surface area contributed by atoms with Crippen LogP contribution in [0.1, 0.15) is 80.9 Å². The van der Waals surface area contributed by atoms with E-state index in [1.807, 2.05) is 13.8 Å². The number of aryl methyl sites for hydroxylation is 1. The number of rotatable bonds is 7. The first kappa shape index (κ1) is 30.7. The lowest BCUT2D eigenvalue weighted by Gasteiger charge is -2.27. The van der Waals surface area contributed by atoms with Gasteiger partial charge in [0.05, 0.1) is 6.10 Å². The fraction of sp³-hybridized carbons (Fsp3) is 0.536. The molecule has 218 valence electrons. The van der Waals surface area contributed by atoms with Crippen molar-refractivity contribution in [1.29, 1.82) is 0 Å². The molecule has 4 atom stereocenters. The van der Waals surface area contributed by atoms with Gasteiger partial charge in [-0.1, -0.05) is 26.0 Å². The number of halogens is 1. The molecule has 11 nitrogen and oxygen atoms in total. The summed E-state index contributed by atoms with van der Waals surface area (Å²) in [7, 11) is 0. The molecule has 40 heavy (non-hydrogen) atoms. The zero-order valence-electron chi connectivity index (χ0n) is 23.0. The van der Waals surface area contributed by atoms with Gasteiger partial charge in [-0.2, -0.15) is 0 Å². The Morgan fingerprint density at radius 1 is 1.12 bits per heavy atom. The lowest BCUT2D eigenvalue weighted by atomic mass is 10.0. The monoisotopic (exact) mass is 559 g/mol. The number of hydrogen-bond acceptors (Lipinski definition) is 7. The number of fused-ring (bicyclic) bond motifs is 2. The van der Waals surface area contributed by atoms with Gasteiger partial charge in [-0.05, 0) is 62.6 Å². The number of oxazole rings is 1. The summed E-state index contributed by atoms with van der Waals surface area (Å²) in [6.45, 7) is 5.58. The zero-order valence-corrected chi connectivity index (χ0v) is 23.0. The second kappa shape index (κ2) is 14.5. The van der Waals surface area contributed by atoms with E-state index in [1.165, 1.54) is 25.3 Å². The van der Waals surface area contributed by atoms with Gasteiger partial charge in [-0.15, -0.1) is 0 Å². The standard InChI is InChI=1S/C28H38FN5O6/c1-16(2)14-21-28-33-22(15-40-28)25(37)30-13-5-4-6-20(26(38)34-24(17(3)35)27(39)32-21)31-23(36)12-9-18-7-10-19(29)11-8-18/h7-8,10-11,15-17,20-21,24,35H,4-6,9,12-14H2,1-3H3,(H,30,37)(H,31,36)(H,32,39)(H,34,38)/t17-,20+,21+,24+/m1/s1. The summed E-state index contributed by atoms with van der Waals surface area (Å²) >= 11 is 0. The molecule has 3 rings (SSSR count). The third-order valence-corrected chi connectivity index (χ3v) is 6.55. The van der Waals surface area contributed by atoms with E-state index in [-0.39, 0.29) is 42.1 Å². The highest BCUT2D eigenvalue weighted by atomic mass is 19.1. The van der Waals surface area contributed by atoms with Crippen molar-refractivity contribution in [2.75, 3.05) is 6.54 Å². The average Bonchev–Trinajstić information content (AvgIpc) is 3.39. The molecule has 0 aliphatic carbocycles. The average molecular weight is 560 g/mol. The fourth-order valence-electron chi connectivity index (χ4n) is 4.38. The quantitative estimate of drug-likeness (QED) is 0.346. The number of carbonyl (C=O) groups is 4. The molecule has 1 aliphatic rings. The molecule has 1 aliphatic heterocycles. The maximum Gasteiger partial charge on any atom is 0.273 e. The van der Waals surface area contributed by atoms with E-state index in [9.17, 15) is 28.7 Å². The van der Waals surface area contributed by atoms with E-state index < -0.39 is 42.0 Å². The van der Waals surface area contributed by atoms with Crippen LogP contribution in [-0.4, -0.2) is 58.5 Å². The van der Waals surface area contributed by atoms with Crippen LogP contribution in [0.25, 0.3) is 0 Å². The number of nitrogens with one attached hydrogen (secondary N) is 4. The molecule has 5 N–H and O–H groups in total. The molecule has 0 spiro atoms. The first-order chi connectivity index (χ1) is 19.0. The Labute approximate surface area is 232 Å². The predicted octanol–water partition coefficient (Wildman–Crippen LogP) is 1.91. The summed E-state index contributed by atoms with van der Waals surface area (Å²) in [6, 6.07) is 2.81. The van der Waals surface area contributed by atoms with Crippen molar-refractivity contribution in [1.82, 2.24) is 26.3 Å². The molecular formula is C28H38FN5O6. The Morgan fingerprint density at radius 3 is 2.52 bits per heavy atom. The first-order valence-corrected chi connectivity index (χ1v) is 13.6. The van der Waals surface area contributed by atoms with Gasteiger partial charge in [0, 0.05) is 13.0 Å². The van der Waals surface area contributed by atoms with Crippen LogP contribution in [0.15, 0.2) is 34.9 Å². The Balaban J connectivity index is 1.77. The number of carbonyl (C=O) groups excluding carboxylic acids is 4. The molecule has 1 aromatic carbocycles. The first-order valence-electron chi connectivity index (χ1n) is 13.6. The largest absolute Gasteiger partial charge is 0.446 e. The Kier molecular flexibility index (Phi) is 11.2. The number of amides is 4. The Bertz CT molecular complexity index is 1170. The minimum atomic E-state index is -1.31. The van der Waals surface area contributed by atoms with Crippen LogP contribution in [-0.2, 0) is 20.8 Å². The summed E-state index contributed by atoms with van der Waals surface area (Å²) in [4.78, 5) is 56.0. The molecule has 0 saturated heterocycles. The number of hydrogen-bond donors (Lipinski definition) is 5. The zero-order chi connectivity index (χ0) is 29.2. The van der Waals surface area contributed by atoms with Crippen LogP contribution in [0.4, 0.5) is 4.39 Å². The van der Waals surface area contributed by atoms with E-state index in [2.05, 4.69) is 26.3 Å². The third kappa shape index (κ3) is 9.15. The van der Waals surface area contributed by atoms with Crippen molar-refractivity contribution in [3.8, 4) is 0 Å². The Morgan fingerprint density at radius 2 is 1.85 bits per heavy atom. The van der Waals surface area contributed by atoms with Crippen molar-refractivity contribution in [3.63, 3.8) is 0 Å². The maximum atomic E-state index is 13.3. The SMILES string of the molecule is CC(C)C[C@@H]1NC(=O)[C@H]([C@@H](C)O)NC(=O)[C@@H](NC(=O)CCc2ccc(F)cc2)CCCCNC(=O)c2coc1n2. The van der Waals surface area contributed by atoms with Gasteiger partial charge in [0.25, 0.3) is 5.91 Å². The number of aliphatic hydroxyl groups excluding tert-OH is 1. The van der Waals surface area contributed by atoms with Gasteiger partial charge in [0.1, 0.15) is 30.2 Å². The van der Waals surface area contributed by atoms with E-state index in [4.69, 9.17) is 4.42 Å². The molecule has 0 saturated carbocycles. The molecule has 0 radical (unpaired) electrons. The van der Waals surface area contributed by atoms with Crippen LogP contribution >= 0.6 is 0 Å². The number of aliphatic hydroxyl groups is 1. The highest BCUT2D eigenvalue weighted by Crippen LogP contribution is 2.21. The molecule has 0 fully saturated rings. The maximum absolute atomic E-state index is 13.3. The number of benzene rings is 1. The minimum absolute atomic E-state index is 0.0693. The van der Waals surface area contributed by atoms with Gasteiger partial charge in [-0.25, -0.2) is 9.37 Å². The lowest BCUT2D eigenvalue weighted by Crippen LogP contribution is -2.57. The second-order valence-corrected chi connectivity index (χ2v) is 10.5. The molecular weight excluding hydrogens is 521 g/mol. The molecule has 2 heterocycles. The van der Waals surface area contributed by atoms with Crippen molar-refractivity contribution in [2.45, 2.75) is 83.5 Å². The van der Waals surface area contributed by atoms with Crippen molar-refractivity contribution in [3.05, 3.63) is 53.5 Å². The van der Waals surface area contributed by atoms with Crippen LogP contribution in [0.5, 0.6) is 0 Å². The van der Waals surface area contributed by atoms with Crippen LogP contribution in [0.2, 0.25) is 0 Å². The van der Waals surface area contributed by atoms with Crippen LogP contribution in [0.3, 0.4) is 0 Å². The molecule has 4 amide bonds. The Hall–Kier alpha value is -3.80. The van der Waals surface area contributed by atoms with Gasteiger partial charge >= 0.3 is 0 Å². The van der Waals surface area contributed by atoms with Gasteiger partial charge in [0.15, 0.2) is 5.69 Å². The summed E-state index contributed by atoms with van der Waals surface area (Å²) in [5, 5.41) is 21.2. The van der Waals surface area contributed by atoms with Gasteiger partial charge < -0.3 is 30.8 Å². The van der Waals surface area contributed by atoms with E-state index in [1.54, 1.807) is 12.1 Å². The molecule has 2 aromatic rings. The van der Waals surface area contributed by atoms with Gasteiger partial charge in [0.2, 0.25) is 23.6 Å². The lowest BCUT2D eigenvalue weighted by molar-refractivity contribution is -0.134. The van der Waals surface area contributed by atoms with Crippen molar-refractivity contribution < 1.29 is 33.1 Å². The van der Waals surface area contributed by atoms with Crippen molar-refractivity contribution >= 4 is 23.6 Å². The summed E-state index contributed by atoms with van der Waals surface area (Å²) < 4.78 is 18.7. The smallest absolute Gasteiger partial charge is 0.273 e. The summed E-state index contributed by atoms with van der Waals surface area (Å²) in [5.41, 5.74) is 0.853.